The molecule has 0 saturated heterocycles. The van der Waals surface area contributed by atoms with Crippen LogP contribution >= 0.6 is 15.9 Å². The molecular formula is C13H12BrN3O2. The zero-order valence-corrected chi connectivity index (χ0v) is 12.0. The number of carbonyl (C=O) groups is 2. The molecule has 1 amide bonds. The Balaban J connectivity index is 2.39. The van der Waals surface area contributed by atoms with Crippen LogP contribution in [0.25, 0.3) is 0 Å². The van der Waals surface area contributed by atoms with E-state index in [1.165, 1.54) is 0 Å². The number of nitriles is 1. The molecule has 1 heterocycles. The second-order valence-electron chi connectivity index (χ2n) is 4.12. The number of fused-ring (bicyclic) bond motifs is 1. The predicted molar refractivity (Wildman–Crippen MR) is 75.2 cm³/mol. The molecule has 0 spiro atoms. The van der Waals surface area contributed by atoms with Crippen LogP contribution in [0, 0.1) is 11.3 Å². The summed E-state index contributed by atoms with van der Waals surface area (Å²) in [5.74, 6) is -1.11. The van der Waals surface area contributed by atoms with Crippen molar-refractivity contribution in [3.05, 3.63) is 22.2 Å². The SMILES string of the molecule is CCN(CCC#N)c1cc2c(cc1Br)C(=O)C(=O)N2. The van der Waals surface area contributed by atoms with Crippen LogP contribution in [0.3, 0.4) is 0 Å². The number of benzene rings is 1. The molecule has 0 radical (unpaired) electrons. The van der Waals surface area contributed by atoms with E-state index in [0.717, 1.165) is 16.7 Å². The summed E-state index contributed by atoms with van der Waals surface area (Å²) in [5, 5.41) is 11.2. The summed E-state index contributed by atoms with van der Waals surface area (Å²) in [6, 6.07) is 5.53. The second-order valence-corrected chi connectivity index (χ2v) is 4.97. The third kappa shape index (κ3) is 2.47. The van der Waals surface area contributed by atoms with Crippen molar-refractivity contribution >= 4 is 39.0 Å². The maximum atomic E-state index is 11.6. The molecule has 0 aliphatic carbocycles. The maximum Gasteiger partial charge on any atom is 0.296 e. The van der Waals surface area contributed by atoms with Gasteiger partial charge in [0, 0.05) is 17.6 Å². The van der Waals surface area contributed by atoms with Crippen molar-refractivity contribution < 1.29 is 9.59 Å². The van der Waals surface area contributed by atoms with Crippen molar-refractivity contribution in [2.75, 3.05) is 23.3 Å². The van der Waals surface area contributed by atoms with E-state index in [1.807, 2.05) is 11.8 Å². The number of nitrogens with zero attached hydrogens (tertiary/aromatic N) is 2. The minimum Gasteiger partial charge on any atom is -0.370 e. The number of nitrogens with one attached hydrogen (secondary N) is 1. The summed E-state index contributed by atoms with van der Waals surface area (Å²) < 4.78 is 0.746. The van der Waals surface area contributed by atoms with Crippen LogP contribution in [0.5, 0.6) is 0 Å². The molecule has 1 aromatic carbocycles. The molecule has 6 heteroatoms. The first-order valence-electron chi connectivity index (χ1n) is 5.89. The van der Waals surface area contributed by atoms with Gasteiger partial charge in [0.15, 0.2) is 0 Å². The maximum absolute atomic E-state index is 11.6. The Labute approximate surface area is 119 Å². The zero-order valence-electron chi connectivity index (χ0n) is 10.4. The van der Waals surface area contributed by atoms with Crippen LogP contribution in [0.4, 0.5) is 11.4 Å². The lowest BCUT2D eigenvalue weighted by atomic mass is 10.1. The van der Waals surface area contributed by atoms with E-state index in [4.69, 9.17) is 5.26 Å². The largest absolute Gasteiger partial charge is 0.370 e. The van der Waals surface area contributed by atoms with Crippen LogP contribution < -0.4 is 10.2 Å². The van der Waals surface area contributed by atoms with Gasteiger partial charge >= 0.3 is 0 Å². The van der Waals surface area contributed by atoms with Gasteiger partial charge in [-0.1, -0.05) is 0 Å². The van der Waals surface area contributed by atoms with Crippen LogP contribution in [-0.2, 0) is 4.79 Å². The molecular weight excluding hydrogens is 310 g/mol. The molecule has 1 aliphatic heterocycles. The van der Waals surface area contributed by atoms with Gasteiger partial charge in [-0.3, -0.25) is 9.59 Å². The molecule has 1 aromatic rings. The highest BCUT2D eigenvalue weighted by atomic mass is 79.9. The third-order valence-electron chi connectivity index (χ3n) is 3.00. The second kappa shape index (κ2) is 5.41. The lowest BCUT2D eigenvalue weighted by molar-refractivity contribution is -0.112. The van der Waals surface area contributed by atoms with Gasteiger partial charge in [-0.15, -0.1) is 0 Å². The highest BCUT2D eigenvalue weighted by molar-refractivity contribution is 9.10. The fourth-order valence-corrected chi connectivity index (χ4v) is 2.62. The predicted octanol–water partition coefficient (Wildman–Crippen LogP) is 2.32. The zero-order chi connectivity index (χ0) is 14.0. The number of rotatable bonds is 4. The number of halogens is 1. The summed E-state index contributed by atoms with van der Waals surface area (Å²) in [4.78, 5) is 24.9. The minimum atomic E-state index is -0.598. The highest BCUT2D eigenvalue weighted by Gasteiger charge is 2.29. The van der Waals surface area contributed by atoms with Crippen molar-refractivity contribution in [1.29, 1.82) is 5.26 Å². The van der Waals surface area contributed by atoms with Crippen molar-refractivity contribution in [2.24, 2.45) is 0 Å². The number of hydrogen-bond donors (Lipinski definition) is 1. The summed E-state index contributed by atoms with van der Waals surface area (Å²) in [6.07, 6.45) is 0.419. The molecule has 5 nitrogen and oxygen atoms in total. The minimum absolute atomic E-state index is 0.386. The molecule has 0 saturated carbocycles. The summed E-state index contributed by atoms with van der Waals surface area (Å²) >= 11 is 3.41. The lowest BCUT2D eigenvalue weighted by Gasteiger charge is -2.23. The number of anilines is 2. The number of amides is 1. The van der Waals surface area contributed by atoms with E-state index < -0.39 is 11.7 Å². The normalized spacial score (nSPS) is 12.9. The highest BCUT2D eigenvalue weighted by Crippen LogP contribution is 2.35. The smallest absolute Gasteiger partial charge is 0.296 e. The molecule has 0 bridgehead atoms. The summed E-state index contributed by atoms with van der Waals surface area (Å²) in [5.41, 5.74) is 1.78. The van der Waals surface area contributed by atoms with Crippen molar-refractivity contribution in [1.82, 2.24) is 0 Å². The summed E-state index contributed by atoms with van der Waals surface area (Å²) in [6.45, 7) is 3.33. The Kier molecular flexibility index (Phi) is 3.86. The van der Waals surface area contributed by atoms with Gasteiger partial charge in [-0.05, 0) is 35.0 Å². The fourth-order valence-electron chi connectivity index (χ4n) is 2.03. The quantitative estimate of drug-likeness (QED) is 0.864. The molecule has 2 rings (SSSR count). The third-order valence-corrected chi connectivity index (χ3v) is 3.64. The van der Waals surface area contributed by atoms with Gasteiger partial charge < -0.3 is 10.2 Å². The van der Waals surface area contributed by atoms with Crippen LogP contribution in [-0.4, -0.2) is 24.8 Å². The molecule has 0 fully saturated rings. The van der Waals surface area contributed by atoms with Crippen LogP contribution in [0.15, 0.2) is 16.6 Å². The first-order valence-corrected chi connectivity index (χ1v) is 6.69. The van der Waals surface area contributed by atoms with Crippen molar-refractivity contribution in [3.8, 4) is 6.07 Å². The van der Waals surface area contributed by atoms with Crippen molar-refractivity contribution in [2.45, 2.75) is 13.3 Å². The van der Waals surface area contributed by atoms with E-state index in [-0.39, 0.29) is 0 Å². The Morgan fingerprint density at radius 2 is 2.16 bits per heavy atom. The molecule has 19 heavy (non-hydrogen) atoms. The standard InChI is InChI=1S/C13H12BrN3O2/c1-2-17(5-3-4-15)11-7-10-8(6-9(11)14)12(18)13(19)16-10/h6-7H,2-3,5H2,1H3,(H,16,18,19). The van der Waals surface area contributed by atoms with E-state index in [9.17, 15) is 9.59 Å². The van der Waals surface area contributed by atoms with Crippen LogP contribution in [0.2, 0.25) is 0 Å². The van der Waals surface area contributed by atoms with E-state index in [1.54, 1.807) is 12.1 Å². The van der Waals surface area contributed by atoms with E-state index >= 15 is 0 Å². The molecule has 98 valence electrons. The van der Waals surface area contributed by atoms with Gasteiger partial charge in [0.1, 0.15) is 0 Å². The molecule has 0 unspecified atom stereocenters. The van der Waals surface area contributed by atoms with Crippen molar-refractivity contribution in [3.63, 3.8) is 0 Å². The van der Waals surface area contributed by atoms with Gasteiger partial charge in [0.2, 0.25) is 0 Å². The van der Waals surface area contributed by atoms with Gasteiger partial charge in [0.05, 0.1) is 29.4 Å². The average molecular weight is 322 g/mol. The Morgan fingerprint density at radius 1 is 1.42 bits per heavy atom. The number of Topliss-reactive ketones (excluding diaryl/α,β-unsaturated/α-hetero) is 1. The lowest BCUT2D eigenvalue weighted by Crippen LogP contribution is -2.24. The van der Waals surface area contributed by atoms with E-state index in [2.05, 4.69) is 27.3 Å². The van der Waals surface area contributed by atoms with Gasteiger partial charge in [-0.2, -0.15) is 5.26 Å². The Hall–Kier alpha value is -1.87. The first kappa shape index (κ1) is 13.6. The fraction of sp³-hybridized carbons (Fsp3) is 0.308. The first-order chi connectivity index (χ1) is 9.08. The molecule has 0 aromatic heterocycles. The topological polar surface area (TPSA) is 73.2 Å². The van der Waals surface area contributed by atoms with Gasteiger partial charge in [-0.25, -0.2) is 0 Å². The molecule has 1 N–H and O–H groups in total. The molecule has 0 atom stereocenters. The molecule has 1 aliphatic rings. The average Bonchev–Trinajstić information content (AvgIpc) is 2.66. The number of hydrogen-bond acceptors (Lipinski definition) is 4. The van der Waals surface area contributed by atoms with Gasteiger partial charge in [0.25, 0.3) is 11.7 Å². The number of ketones is 1. The van der Waals surface area contributed by atoms with Crippen LogP contribution in [0.1, 0.15) is 23.7 Å². The van der Waals surface area contributed by atoms with E-state index in [0.29, 0.717) is 24.2 Å². The summed E-state index contributed by atoms with van der Waals surface area (Å²) in [7, 11) is 0. The Bertz CT molecular complexity index is 592. The Morgan fingerprint density at radius 3 is 2.79 bits per heavy atom. The number of carbonyl (C=O) groups excluding carboxylic acids is 2. The monoisotopic (exact) mass is 321 g/mol.